The third-order valence-electron chi connectivity index (χ3n) is 5.65. The van der Waals surface area contributed by atoms with Crippen molar-refractivity contribution in [2.24, 2.45) is 0 Å². The zero-order chi connectivity index (χ0) is 22.9. The van der Waals surface area contributed by atoms with Gasteiger partial charge in [-0.05, 0) is 37.1 Å². The van der Waals surface area contributed by atoms with E-state index in [-0.39, 0.29) is 17.5 Å². The van der Waals surface area contributed by atoms with Crippen molar-refractivity contribution in [1.82, 2.24) is 29.5 Å². The number of para-hydroxylation sites is 1. The summed E-state index contributed by atoms with van der Waals surface area (Å²) in [5, 5.41) is 4.07. The van der Waals surface area contributed by atoms with Crippen molar-refractivity contribution in [3.63, 3.8) is 0 Å². The Morgan fingerprint density at radius 3 is 2.70 bits per heavy atom. The van der Waals surface area contributed by atoms with Gasteiger partial charge in [-0.25, -0.2) is 9.97 Å². The molecule has 9 nitrogen and oxygen atoms in total. The molecule has 0 aliphatic rings. The molecule has 1 unspecified atom stereocenters. The van der Waals surface area contributed by atoms with Gasteiger partial charge in [0.2, 0.25) is 5.95 Å². The molecule has 2 aromatic carbocycles. The zero-order valence-electron chi connectivity index (χ0n) is 18.4. The fraction of sp³-hybridized carbons (Fsp3) is 0.208. The van der Waals surface area contributed by atoms with Crippen molar-refractivity contribution in [1.29, 1.82) is 0 Å². The summed E-state index contributed by atoms with van der Waals surface area (Å²) >= 11 is 0. The van der Waals surface area contributed by atoms with Crippen molar-refractivity contribution in [2.75, 3.05) is 11.1 Å². The Kier molecular flexibility index (Phi) is 5.21. The predicted molar refractivity (Wildman–Crippen MR) is 129 cm³/mol. The molecule has 4 N–H and O–H groups in total. The molecule has 0 saturated carbocycles. The van der Waals surface area contributed by atoms with E-state index in [1.165, 1.54) is 0 Å². The first-order valence-corrected chi connectivity index (χ1v) is 10.9. The Labute approximate surface area is 189 Å². The lowest BCUT2D eigenvalue weighted by molar-refractivity contribution is 0.616. The summed E-state index contributed by atoms with van der Waals surface area (Å²) in [4.78, 5) is 34.6. The van der Waals surface area contributed by atoms with Crippen molar-refractivity contribution in [2.45, 2.75) is 32.7 Å². The molecule has 0 fully saturated rings. The predicted octanol–water partition coefficient (Wildman–Crippen LogP) is 3.90. The van der Waals surface area contributed by atoms with Crippen molar-refractivity contribution in [3.05, 3.63) is 76.6 Å². The Balaban J connectivity index is 1.75. The summed E-state index contributed by atoms with van der Waals surface area (Å²) in [5.41, 5.74) is 9.26. The maximum Gasteiger partial charge on any atom is 0.266 e. The van der Waals surface area contributed by atoms with Gasteiger partial charge in [-0.2, -0.15) is 9.97 Å². The average molecular weight is 441 g/mol. The number of fused-ring (bicyclic) bond motifs is 2. The van der Waals surface area contributed by atoms with Crippen LogP contribution in [-0.2, 0) is 0 Å². The maximum absolute atomic E-state index is 13.8. The van der Waals surface area contributed by atoms with Crippen LogP contribution in [0.5, 0.6) is 0 Å². The summed E-state index contributed by atoms with van der Waals surface area (Å²) in [6.07, 6.45) is 3.13. The molecule has 5 aromatic rings. The lowest BCUT2D eigenvalue weighted by Crippen LogP contribution is -2.29. The highest BCUT2D eigenvalue weighted by Gasteiger charge is 2.23. The standard InChI is InChI=1S/C24H24N8O/c1-3-8-17(28-21-19-20(27-13-26-19)30-24(25)31-21)22-29-16-12-7-9-14(2)18(16)23(33)32(22)15-10-5-4-6-11-15/h4-7,9-13,17H,3,8H2,1-2H3,(H4,25,26,27,28,30,31). The molecule has 0 bridgehead atoms. The Hall–Kier alpha value is -4.27. The fourth-order valence-electron chi connectivity index (χ4n) is 4.15. The van der Waals surface area contributed by atoms with Crippen LogP contribution in [0.25, 0.3) is 27.8 Å². The molecule has 5 rings (SSSR count). The van der Waals surface area contributed by atoms with Crippen LogP contribution >= 0.6 is 0 Å². The molecular weight excluding hydrogens is 416 g/mol. The summed E-state index contributed by atoms with van der Waals surface area (Å²) in [7, 11) is 0. The Morgan fingerprint density at radius 1 is 1.09 bits per heavy atom. The quantitative estimate of drug-likeness (QED) is 0.365. The summed E-state index contributed by atoms with van der Waals surface area (Å²) < 4.78 is 1.69. The van der Waals surface area contributed by atoms with E-state index in [0.29, 0.717) is 33.7 Å². The number of hydrogen-bond acceptors (Lipinski definition) is 7. The fourth-order valence-corrected chi connectivity index (χ4v) is 4.15. The number of aryl methyl sites for hydroxylation is 1. The van der Waals surface area contributed by atoms with Crippen molar-refractivity contribution < 1.29 is 0 Å². The molecule has 9 heteroatoms. The second kappa shape index (κ2) is 8.34. The molecule has 0 radical (unpaired) electrons. The van der Waals surface area contributed by atoms with Gasteiger partial charge < -0.3 is 16.0 Å². The minimum Gasteiger partial charge on any atom is -0.368 e. The highest BCUT2D eigenvalue weighted by atomic mass is 16.1. The molecular formula is C24H24N8O. The number of rotatable bonds is 6. The molecule has 166 valence electrons. The molecule has 3 heterocycles. The van der Waals surface area contributed by atoms with Crippen LogP contribution in [0.2, 0.25) is 0 Å². The molecule has 1 atom stereocenters. The average Bonchev–Trinajstić information content (AvgIpc) is 3.28. The van der Waals surface area contributed by atoms with E-state index in [4.69, 9.17) is 10.7 Å². The van der Waals surface area contributed by atoms with E-state index in [2.05, 4.69) is 32.2 Å². The molecule has 0 spiro atoms. The lowest BCUT2D eigenvalue weighted by Gasteiger charge is -2.23. The Bertz CT molecular complexity index is 1510. The largest absolute Gasteiger partial charge is 0.368 e. The molecule has 0 aliphatic carbocycles. The second-order valence-electron chi connectivity index (χ2n) is 7.93. The SMILES string of the molecule is CCCC(Nc1nc(N)nc2nc[nH]c12)c1nc2cccc(C)c2c(=O)n1-c1ccccc1. The van der Waals surface area contributed by atoms with Crippen LogP contribution in [0.4, 0.5) is 11.8 Å². The number of anilines is 2. The molecule has 33 heavy (non-hydrogen) atoms. The summed E-state index contributed by atoms with van der Waals surface area (Å²) in [6.45, 7) is 4.02. The second-order valence-corrected chi connectivity index (χ2v) is 7.93. The minimum absolute atomic E-state index is 0.101. The molecule has 0 amide bonds. The number of H-pyrrole nitrogens is 1. The van der Waals surface area contributed by atoms with E-state index in [0.717, 1.165) is 24.1 Å². The first-order chi connectivity index (χ1) is 16.1. The number of nitrogens with zero attached hydrogens (tertiary/aromatic N) is 5. The van der Waals surface area contributed by atoms with Gasteiger partial charge in [-0.3, -0.25) is 9.36 Å². The van der Waals surface area contributed by atoms with Gasteiger partial charge in [0.25, 0.3) is 5.56 Å². The topological polar surface area (TPSA) is 127 Å². The van der Waals surface area contributed by atoms with E-state index >= 15 is 0 Å². The maximum atomic E-state index is 13.8. The third-order valence-corrected chi connectivity index (χ3v) is 5.65. The van der Waals surface area contributed by atoms with E-state index in [9.17, 15) is 4.79 Å². The van der Waals surface area contributed by atoms with Gasteiger partial charge in [-0.15, -0.1) is 0 Å². The number of aromatic amines is 1. The number of nitrogen functional groups attached to an aromatic ring is 1. The molecule has 3 aromatic heterocycles. The normalized spacial score (nSPS) is 12.3. The highest BCUT2D eigenvalue weighted by Crippen LogP contribution is 2.28. The zero-order valence-corrected chi connectivity index (χ0v) is 18.4. The number of aromatic nitrogens is 6. The van der Waals surface area contributed by atoms with Gasteiger partial charge >= 0.3 is 0 Å². The third kappa shape index (κ3) is 3.67. The molecule has 0 saturated heterocycles. The summed E-state index contributed by atoms with van der Waals surface area (Å²) in [6, 6.07) is 15.0. The van der Waals surface area contributed by atoms with Crippen LogP contribution in [0, 0.1) is 6.92 Å². The van der Waals surface area contributed by atoms with Crippen LogP contribution < -0.4 is 16.6 Å². The van der Waals surface area contributed by atoms with Gasteiger partial charge in [0.05, 0.1) is 29.0 Å². The van der Waals surface area contributed by atoms with Gasteiger partial charge in [0, 0.05) is 0 Å². The smallest absolute Gasteiger partial charge is 0.266 e. The van der Waals surface area contributed by atoms with E-state index < -0.39 is 0 Å². The Morgan fingerprint density at radius 2 is 1.91 bits per heavy atom. The highest BCUT2D eigenvalue weighted by molar-refractivity contribution is 5.84. The van der Waals surface area contributed by atoms with Gasteiger partial charge in [-0.1, -0.05) is 43.7 Å². The van der Waals surface area contributed by atoms with E-state index in [1.54, 1.807) is 10.9 Å². The monoisotopic (exact) mass is 440 g/mol. The van der Waals surface area contributed by atoms with E-state index in [1.807, 2.05) is 55.5 Å². The first-order valence-electron chi connectivity index (χ1n) is 10.9. The first kappa shape index (κ1) is 20.6. The van der Waals surface area contributed by atoms with Gasteiger partial charge in [0.15, 0.2) is 11.5 Å². The number of nitrogens with two attached hydrogens (primary N) is 1. The minimum atomic E-state index is -0.311. The number of benzene rings is 2. The van der Waals surface area contributed by atoms with Crippen molar-refractivity contribution >= 4 is 33.8 Å². The van der Waals surface area contributed by atoms with Crippen LogP contribution in [0.1, 0.15) is 37.2 Å². The van der Waals surface area contributed by atoms with Crippen molar-refractivity contribution in [3.8, 4) is 5.69 Å². The lowest BCUT2D eigenvalue weighted by atomic mass is 10.1. The summed E-state index contributed by atoms with van der Waals surface area (Å²) in [5.74, 6) is 1.25. The van der Waals surface area contributed by atoms with Crippen LogP contribution in [0.3, 0.4) is 0 Å². The van der Waals surface area contributed by atoms with Gasteiger partial charge in [0.1, 0.15) is 11.3 Å². The number of nitrogens with one attached hydrogen (secondary N) is 2. The number of hydrogen-bond donors (Lipinski definition) is 3. The molecule has 0 aliphatic heterocycles. The van der Waals surface area contributed by atoms with Crippen LogP contribution in [0.15, 0.2) is 59.7 Å². The van der Waals surface area contributed by atoms with Crippen LogP contribution in [-0.4, -0.2) is 29.5 Å². The number of imidazole rings is 1.